The van der Waals surface area contributed by atoms with Gasteiger partial charge in [-0.1, -0.05) is 37.1 Å². The lowest BCUT2D eigenvalue weighted by atomic mass is 9.95. The Morgan fingerprint density at radius 3 is 2.57 bits per heavy atom. The molecule has 1 amide bonds. The Morgan fingerprint density at radius 2 is 1.83 bits per heavy atom. The summed E-state index contributed by atoms with van der Waals surface area (Å²) in [6.07, 6.45) is 10.2. The average Bonchev–Trinajstić information content (AvgIpc) is 3.57. The molecule has 1 N–H and O–H groups in total. The maximum atomic E-state index is 13.5. The van der Waals surface area contributed by atoms with Crippen LogP contribution in [0.25, 0.3) is 0 Å². The number of thiophene rings is 1. The first-order valence-corrected chi connectivity index (χ1v) is 16.6. The molecule has 42 heavy (non-hydrogen) atoms. The zero-order valence-electron chi connectivity index (χ0n) is 24.9. The highest BCUT2D eigenvalue weighted by molar-refractivity contribution is 8.00. The van der Waals surface area contributed by atoms with Crippen molar-refractivity contribution in [1.82, 2.24) is 14.8 Å². The number of fused-ring (bicyclic) bond motifs is 1. The van der Waals surface area contributed by atoms with Crippen molar-refractivity contribution in [1.29, 1.82) is 0 Å². The minimum atomic E-state index is -0.445. The van der Waals surface area contributed by atoms with Gasteiger partial charge in [-0.25, -0.2) is 4.79 Å². The molecule has 11 heteroatoms. The molecule has 9 nitrogen and oxygen atoms in total. The van der Waals surface area contributed by atoms with Gasteiger partial charge in [-0.3, -0.25) is 4.79 Å². The summed E-state index contributed by atoms with van der Waals surface area (Å²) in [7, 11) is 3.26. The van der Waals surface area contributed by atoms with Crippen LogP contribution in [0.5, 0.6) is 11.5 Å². The number of aromatic nitrogens is 3. The Bertz CT molecular complexity index is 1410. The van der Waals surface area contributed by atoms with Crippen LogP contribution in [0, 0.1) is 0 Å². The maximum absolute atomic E-state index is 13.5. The number of carbonyl (C=O) groups is 2. The van der Waals surface area contributed by atoms with Crippen LogP contribution in [0.4, 0.5) is 5.00 Å². The molecule has 1 saturated carbocycles. The van der Waals surface area contributed by atoms with E-state index >= 15 is 0 Å². The van der Waals surface area contributed by atoms with Crippen LogP contribution in [0.15, 0.2) is 23.4 Å². The van der Waals surface area contributed by atoms with Crippen molar-refractivity contribution in [2.24, 2.45) is 0 Å². The average molecular weight is 613 g/mol. The zero-order valence-corrected chi connectivity index (χ0v) is 26.5. The molecular formula is C31H40N4O5S2. The van der Waals surface area contributed by atoms with Crippen molar-refractivity contribution in [2.75, 3.05) is 26.1 Å². The van der Waals surface area contributed by atoms with Gasteiger partial charge in [-0.05, 0) is 75.6 Å². The van der Waals surface area contributed by atoms with Crippen molar-refractivity contribution >= 4 is 40.0 Å². The Balaban J connectivity index is 1.37. The van der Waals surface area contributed by atoms with E-state index in [0.717, 1.165) is 60.6 Å². The predicted molar refractivity (Wildman–Crippen MR) is 165 cm³/mol. The fourth-order valence-electron chi connectivity index (χ4n) is 5.89. The number of carbonyl (C=O) groups excluding carboxylic acids is 2. The molecule has 0 unspecified atom stereocenters. The smallest absolute Gasteiger partial charge is 0.341 e. The molecule has 2 aliphatic rings. The Morgan fingerprint density at radius 1 is 1.07 bits per heavy atom. The summed E-state index contributed by atoms with van der Waals surface area (Å²) in [5, 5.41) is 13.2. The number of ether oxygens (including phenoxy) is 3. The maximum Gasteiger partial charge on any atom is 0.341 e. The summed E-state index contributed by atoms with van der Waals surface area (Å²) in [5.41, 5.74) is 2.62. The molecule has 0 aliphatic heterocycles. The summed E-state index contributed by atoms with van der Waals surface area (Å²) in [6.45, 7) is 3.98. The van der Waals surface area contributed by atoms with Crippen LogP contribution in [0.3, 0.4) is 0 Å². The van der Waals surface area contributed by atoms with Crippen LogP contribution in [-0.2, 0) is 28.8 Å². The molecule has 0 radical (unpaired) electrons. The van der Waals surface area contributed by atoms with Crippen LogP contribution in [0.2, 0.25) is 0 Å². The number of benzene rings is 1. The van der Waals surface area contributed by atoms with E-state index in [1.807, 2.05) is 25.1 Å². The van der Waals surface area contributed by atoms with Gasteiger partial charge in [-0.2, -0.15) is 0 Å². The summed E-state index contributed by atoms with van der Waals surface area (Å²) < 4.78 is 18.5. The van der Waals surface area contributed by atoms with E-state index in [-0.39, 0.29) is 11.9 Å². The van der Waals surface area contributed by atoms with Gasteiger partial charge in [0.2, 0.25) is 5.91 Å². The third-order valence-electron chi connectivity index (χ3n) is 8.02. The van der Waals surface area contributed by atoms with E-state index in [0.29, 0.717) is 41.1 Å². The number of esters is 1. The molecule has 5 rings (SSSR count). The topological polar surface area (TPSA) is 105 Å². The summed E-state index contributed by atoms with van der Waals surface area (Å²) in [5.74, 6) is 1.72. The molecule has 1 aromatic carbocycles. The van der Waals surface area contributed by atoms with Crippen LogP contribution in [-0.4, -0.2) is 52.7 Å². The molecule has 3 aromatic rings. The third-order valence-corrected chi connectivity index (χ3v) is 10.3. The lowest BCUT2D eigenvalue weighted by molar-refractivity contribution is -0.115. The van der Waals surface area contributed by atoms with Crippen molar-refractivity contribution in [3.05, 3.63) is 45.6 Å². The standard InChI is InChI=1S/C31H40N4O5S2/c1-5-40-30(37)27-22-13-9-10-14-25(22)42-29(27)32-28(36)19(2)41-31-34-33-26(35(31)21-11-7-6-8-12-21)18-20-15-16-23(38-3)24(17-20)39-4/h15-17,19,21H,5-14,18H2,1-4H3,(H,32,36)/t19-/m1/s1. The number of nitrogens with zero attached hydrogens (tertiary/aromatic N) is 3. The minimum Gasteiger partial charge on any atom is -0.493 e. The lowest BCUT2D eigenvalue weighted by Gasteiger charge is -2.26. The predicted octanol–water partition coefficient (Wildman–Crippen LogP) is 6.63. The van der Waals surface area contributed by atoms with E-state index in [2.05, 4.69) is 20.1 Å². The quantitative estimate of drug-likeness (QED) is 0.190. The van der Waals surface area contributed by atoms with Gasteiger partial charge in [0.15, 0.2) is 16.7 Å². The number of amides is 1. The van der Waals surface area contributed by atoms with E-state index in [1.54, 1.807) is 21.1 Å². The molecule has 2 aromatic heterocycles. The van der Waals surface area contributed by atoms with Crippen LogP contribution >= 0.6 is 23.1 Å². The van der Waals surface area contributed by atoms with Gasteiger partial charge >= 0.3 is 5.97 Å². The first-order chi connectivity index (χ1) is 20.4. The molecule has 2 aliphatic carbocycles. The normalized spacial score (nSPS) is 16.0. The molecule has 1 fully saturated rings. The van der Waals surface area contributed by atoms with Crippen molar-refractivity contribution in [2.45, 2.75) is 94.5 Å². The Labute approximate surface area is 255 Å². The van der Waals surface area contributed by atoms with Gasteiger partial charge in [0.05, 0.1) is 31.6 Å². The van der Waals surface area contributed by atoms with Gasteiger partial charge in [0.25, 0.3) is 0 Å². The Hall–Kier alpha value is -3.05. The van der Waals surface area contributed by atoms with Gasteiger partial charge < -0.3 is 24.1 Å². The largest absolute Gasteiger partial charge is 0.493 e. The van der Waals surface area contributed by atoms with E-state index < -0.39 is 5.25 Å². The van der Waals surface area contributed by atoms with Crippen molar-refractivity contribution in [3.8, 4) is 11.5 Å². The number of aryl methyl sites for hydroxylation is 1. The molecule has 0 spiro atoms. The fourth-order valence-corrected chi connectivity index (χ4v) is 8.10. The number of methoxy groups -OCH3 is 2. The highest BCUT2D eigenvalue weighted by Gasteiger charge is 2.30. The first-order valence-electron chi connectivity index (χ1n) is 14.9. The van der Waals surface area contributed by atoms with Crippen LogP contribution in [0.1, 0.15) is 97.0 Å². The number of nitrogens with one attached hydrogen (secondary N) is 1. The van der Waals surface area contributed by atoms with Gasteiger partial charge in [-0.15, -0.1) is 21.5 Å². The second kappa shape index (κ2) is 13.9. The van der Waals surface area contributed by atoms with E-state index in [4.69, 9.17) is 14.2 Å². The number of hydrogen-bond acceptors (Lipinski definition) is 9. The molecule has 0 saturated heterocycles. The third kappa shape index (κ3) is 6.62. The Kier molecular flexibility index (Phi) is 10.1. The monoisotopic (exact) mass is 612 g/mol. The highest BCUT2D eigenvalue weighted by atomic mass is 32.2. The first kappa shape index (κ1) is 30.4. The van der Waals surface area contributed by atoms with Gasteiger partial charge in [0.1, 0.15) is 10.8 Å². The molecule has 226 valence electrons. The van der Waals surface area contributed by atoms with Crippen LogP contribution < -0.4 is 14.8 Å². The molecular weight excluding hydrogens is 572 g/mol. The summed E-state index contributed by atoms with van der Waals surface area (Å²) in [4.78, 5) is 27.6. The zero-order chi connectivity index (χ0) is 29.6. The molecule has 2 heterocycles. The second-order valence-corrected chi connectivity index (χ2v) is 13.2. The van der Waals surface area contributed by atoms with Crippen molar-refractivity contribution < 1.29 is 23.8 Å². The number of rotatable bonds is 11. The molecule has 0 bridgehead atoms. The fraction of sp³-hybridized carbons (Fsp3) is 0.548. The minimum absolute atomic E-state index is 0.163. The molecule has 1 atom stereocenters. The lowest BCUT2D eigenvalue weighted by Crippen LogP contribution is -2.24. The SMILES string of the molecule is CCOC(=O)c1c(NC(=O)[C@@H](C)Sc2nnc(Cc3ccc(OC)c(OC)c3)n2C2CCCCC2)sc2c1CCCC2. The van der Waals surface area contributed by atoms with E-state index in [9.17, 15) is 9.59 Å². The van der Waals surface area contributed by atoms with Gasteiger partial charge in [0, 0.05) is 17.3 Å². The highest BCUT2D eigenvalue weighted by Crippen LogP contribution is 2.40. The number of anilines is 1. The second-order valence-electron chi connectivity index (χ2n) is 10.8. The summed E-state index contributed by atoms with van der Waals surface area (Å²) >= 11 is 2.93. The van der Waals surface area contributed by atoms with E-state index in [1.165, 1.54) is 47.2 Å². The number of thioether (sulfide) groups is 1. The van der Waals surface area contributed by atoms with Crippen molar-refractivity contribution in [3.63, 3.8) is 0 Å². The number of hydrogen-bond donors (Lipinski definition) is 1. The summed E-state index contributed by atoms with van der Waals surface area (Å²) in [6, 6.07) is 6.20.